The quantitative estimate of drug-likeness (QED) is 0.113. The van der Waals surface area contributed by atoms with Crippen LogP contribution in [0.5, 0.6) is 0 Å². The Hall–Kier alpha value is -3.91. The number of hydrogen-bond acceptors (Lipinski definition) is 10. The van der Waals surface area contributed by atoms with Gasteiger partial charge < -0.3 is 29.5 Å². The van der Waals surface area contributed by atoms with Gasteiger partial charge in [-0.1, -0.05) is 71.5 Å². The minimum atomic E-state index is -1.47. The Labute approximate surface area is 334 Å². The zero-order chi connectivity index (χ0) is 40.5. The van der Waals surface area contributed by atoms with Crippen LogP contribution < -0.4 is 15.5 Å². The second kappa shape index (κ2) is 19.1. The van der Waals surface area contributed by atoms with Crippen molar-refractivity contribution in [3.63, 3.8) is 0 Å². The molecule has 2 heterocycles. The number of esters is 1. The molecule has 0 aliphatic carbocycles. The molecule has 3 amide bonds. The normalized spacial score (nSPS) is 12.9. The molecule has 294 valence electrons. The van der Waals surface area contributed by atoms with E-state index in [4.69, 9.17) is 60.4 Å². The summed E-state index contributed by atoms with van der Waals surface area (Å²) in [6, 6.07) is 7.40. The Balaban J connectivity index is 1.81. The maximum Gasteiger partial charge on any atom is 0.408 e. The molecule has 3 aromatic rings. The fourth-order valence-electron chi connectivity index (χ4n) is 5.09. The SMILES string of the molecule is CC(C)C(NC(=O)C(CCC(=O)OC(C)(C)C)NC(=O)OC(C)(C)C)C(=O)CCN(C(=O)C(Cl)Cl)c1ccnc(-c2cc(-c3c(Cl)cccc3Cl)no2)c1. The number of halogens is 4. The Bertz CT molecular complexity index is 1800. The molecule has 2 unspecified atom stereocenters. The van der Waals surface area contributed by atoms with Gasteiger partial charge in [0.1, 0.15) is 28.6 Å². The van der Waals surface area contributed by atoms with E-state index in [9.17, 15) is 24.0 Å². The van der Waals surface area contributed by atoms with Crippen molar-refractivity contribution in [3.05, 3.63) is 52.6 Å². The monoisotopic (exact) mass is 827 g/mol. The first kappa shape index (κ1) is 44.5. The third-order valence-electron chi connectivity index (χ3n) is 7.45. The lowest BCUT2D eigenvalue weighted by Crippen LogP contribution is -2.54. The van der Waals surface area contributed by atoms with Crippen molar-refractivity contribution in [3.8, 4) is 22.7 Å². The molecule has 2 N–H and O–H groups in total. The van der Waals surface area contributed by atoms with E-state index >= 15 is 0 Å². The van der Waals surface area contributed by atoms with Crippen molar-refractivity contribution in [1.29, 1.82) is 0 Å². The molecule has 0 saturated carbocycles. The van der Waals surface area contributed by atoms with E-state index in [2.05, 4.69) is 20.8 Å². The summed E-state index contributed by atoms with van der Waals surface area (Å²) >= 11 is 24.7. The number of rotatable bonds is 15. The summed E-state index contributed by atoms with van der Waals surface area (Å²) in [4.78, 5) is 69.8. The van der Waals surface area contributed by atoms with Gasteiger partial charge in [-0.15, -0.1) is 0 Å². The Morgan fingerprint density at radius 2 is 1.50 bits per heavy atom. The fourth-order valence-corrected chi connectivity index (χ4v) is 5.91. The van der Waals surface area contributed by atoms with Crippen LogP contribution in [0.1, 0.15) is 74.7 Å². The summed E-state index contributed by atoms with van der Waals surface area (Å²) in [5.41, 5.74) is -0.194. The van der Waals surface area contributed by atoms with E-state index in [0.29, 0.717) is 32.7 Å². The maximum absolute atomic E-state index is 13.7. The van der Waals surface area contributed by atoms with Gasteiger partial charge >= 0.3 is 12.1 Å². The van der Waals surface area contributed by atoms with Gasteiger partial charge in [0.2, 0.25) is 5.91 Å². The third kappa shape index (κ3) is 13.4. The van der Waals surface area contributed by atoms with Crippen LogP contribution in [0.3, 0.4) is 0 Å². The van der Waals surface area contributed by atoms with Gasteiger partial charge in [-0.25, -0.2) is 4.79 Å². The van der Waals surface area contributed by atoms with Crippen molar-refractivity contribution < 1.29 is 38.0 Å². The number of alkyl carbamates (subject to hydrolysis) is 1. The zero-order valence-electron chi connectivity index (χ0n) is 31.3. The summed E-state index contributed by atoms with van der Waals surface area (Å²) in [5, 5.41) is 10.0. The lowest BCUT2D eigenvalue weighted by molar-refractivity contribution is -0.155. The van der Waals surface area contributed by atoms with E-state index in [1.807, 2.05) is 0 Å². The number of ketones is 1. The second-order valence-electron chi connectivity index (χ2n) is 14.6. The van der Waals surface area contributed by atoms with Crippen LogP contribution in [0.25, 0.3) is 22.7 Å². The van der Waals surface area contributed by atoms with Gasteiger partial charge in [0.05, 0.1) is 16.1 Å². The number of aromatic nitrogens is 2. The van der Waals surface area contributed by atoms with Crippen LogP contribution >= 0.6 is 46.4 Å². The van der Waals surface area contributed by atoms with E-state index in [1.54, 1.807) is 79.7 Å². The number of hydrogen-bond donors (Lipinski definition) is 2. The summed E-state index contributed by atoms with van der Waals surface area (Å²) in [6.07, 6.45) is -0.00180. The molecule has 13 nitrogen and oxygen atoms in total. The largest absolute Gasteiger partial charge is 0.460 e. The average molecular weight is 830 g/mol. The smallest absolute Gasteiger partial charge is 0.408 e. The molecule has 0 aliphatic heterocycles. The van der Waals surface area contributed by atoms with Gasteiger partial charge in [0, 0.05) is 42.9 Å². The summed E-state index contributed by atoms with van der Waals surface area (Å²) in [5.74, 6) is -2.59. The second-order valence-corrected chi connectivity index (χ2v) is 16.5. The average Bonchev–Trinajstić information content (AvgIpc) is 3.53. The molecule has 0 spiro atoms. The summed E-state index contributed by atoms with van der Waals surface area (Å²) in [7, 11) is 0. The standard InChI is InChI=1S/C37H45Cl4N5O8/c1-20(2)31(44-33(49)24(43-35(51)53-37(6,7)8)12-13-29(48)52-36(3,4)5)27(47)15-17-46(34(50)32(40)41)21-14-16-42-25(18-21)28-19-26(45-54-28)30-22(38)10-9-11-23(30)39/h9-11,14,16,18-20,24,31-32H,12-13,15,17H2,1-8H3,(H,43,51)(H,44,49). The molecule has 2 atom stereocenters. The molecule has 0 saturated heterocycles. The van der Waals surface area contributed by atoms with Crippen LogP contribution in [0.4, 0.5) is 10.5 Å². The molecule has 17 heteroatoms. The summed E-state index contributed by atoms with van der Waals surface area (Å²) in [6.45, 7) is 13.4. The van der Waals surface area contributed by atoms with Crippen molar-refractivity contribution in [2.75, 3.05) is 11.4 Å². The van der Waals surface area contributed by atoms with Gasteiger partial charge in [-0.05, 0) is 78.1 Å². The highest BCUT2D eigenvalue weighted by molar-refractivity contribution is 6.54. The Morgan fingerprint density at radius 3 is 2.07 bits per heavy atom. The molecule has 2 aromatic heterocycles. The number of carbonyl (C=O) groups is 5. The minimum Gasteiger partial charge on any atom is -0.460 e. The first-order chi connectivity index (χ1) is 25.1. The molecule has 54 heavy (non-hydrogen) atoms. The molecule has 1 aromatic carbocycles. The summed E-state index contributed by atoms with van der Waals surface area (Å²) < 4.78 is 16.2. The van der Waals surface area contributed by atoms with Gasteiger partial charge in [0.25, 0.3) is 5.91 Å². The van der Waals surface area contributed by atoms with Crippen molar-refractivity contribution in [2.24, 2.45) is 5.92 Å². The predicted octanol–water partition coefficient (Wildman–Crippen LogP) is 7.96. The maximum atomic E-state index is 13.7. The van der Waals surface area contributed by atoms with Crippen LogP contribution in [-0.2, 0) is 28.7 Å². The van der Waals surface area contributed by atoms with E-state index < -0.39 is 63.7 Å². The number of amides is 3. The van der Waals surface area contributed by atoms with Gasteiger partial charge in [-0.3, -0.25) is 24.2 Å². The van der Waals surface area contributed by atoms with E-state index in [-0.39, 0.29) is 31.6 Å². The lowest BCUT2D eigenvalue weighted by atomic mass is 9.96. The third-order valence-corrected chi connectivity index (χ3v) is 8.45. The number of nitrogens with one attached hydrogen (secondary N) is 2. The van der Waals surface area contributed by atoms with Crippen LogP contribution in [0.15, 0.2) is 47.1 Å². The van der Waals surface area contributed by atoms with E-state index in [0.717, 1.165) is 0 Å². The highest BCUT2D eigenvalue weighted by Gasteiger charge is 2.32. The van der Waals surface area contributed by atoms with E-state index in [1.165, 1.54) is 23.2 Å². The van der Waals surface area contributed by atoms with Crippen molar-refractivity contribution in [1.82, 2.24) is 20.8 Å². The number of alkyl halides is 2. The van der Waals surface area contributed by atoms with Crippen LogP contribution in [0.2, 0.25) is 10.0 Å². The Kier molecular flexibility index (Phi) is 15.7. The number of nitrogens with zero attached hydrogens (tertiary/aromatic N) is 3. The fraction of sp³-hybridized carbons (Fsp3) is 0.486. The number of anilines is 1. The first-order valence-electron chi connectivity index (χ1n) is 17.1. The zero-order valence-corrected chi connectivity index (χ0v) is 34.3. The number of carbonyl (C=O) groups excluding carboxylic acids is 5. The minimum absolute atomic E-state index is 0.128. The number of benzene rings is 1. The van der Waals surface area contributed by atoms with Crippen molar-refractivity contribution in [2.45, 2.75) is 103 Å². The molecule has 0 radical (unpaired) electrons. The predicted molar refractivity (Wildman–Crippen MR) is 208 cm³/mol. The van der Waals surface area contributed by atoms with Crippen LogP contribution in [0, 0.1) is 5.92 Å². The highest BCUT2D eigenvalue weighted by atomic mass is 35.5. The number of pyridine rings is 1. The molecular weight excluding hydrogens is 784 g/mol. The van der Waals surface area contributed by atoms with Crippen molar-refractivity contribution >= 4 is 81.8 Å². The number of ether oxygens (including phenoxy) is 2. The highest BCUT2D eigenvalue weighted by Crippen LogP contribution is 2.36. The number of Topliss-reactive ketones (excluding diaryl/α,β-unsaturated/α-hetero) is 1. The molecule has 3 rings (SSSR count). The van der Waals surface area contributed by atoms with Gasteiger partial charge in [0.15, 0.2) is 16.4 Å². The van der Waals surface area contributed by atoms with Gasteiger partial charge in [-0.2, -0.15) is 0 Å². The molecule has 0 fully saturated rings. The molecule has 0 aliphatic rings. The van der Waals surface area contributed by atoms with Crippen LogP contribution in [-0.4, -0.2) is 74.5 Å². The molecular formula is C37H45Cl4N5O8. The lowest BCUT2D eigenvalue weighted by Gasteiger charge is -2.28. The molecule has 0 bridgehead atoms. The first-order valence-corrected chi connectivity index (χ1v) is 18.7. The topological polar surface area (TPSA) is 170 Å². The Morgan fingerprint density at radius 1 is 0.870 bits per heavy atom.